The first kappa shape index (κ1) is 16.0. The molecule has 0 aromatic carbocycles. The fraction of sp³-hybridized carbons (Fsp3) is 0.615. The van der Waals surface area contributed by atoms with Gasteiger partial charge >= 0.3 is 12.0 Å². The summed E-state index contributed by atoms with van der Waals surface area (Å²) in [6.07, 6.45) is 0.922. The normalized spacial score (nSPS) is 11.2. The van der Waals surface area contributed by atoms with Crippen molar-refractivity contribution in [2.45, 2.75) is 40.5 Å². The summed E-state index contributed by atoms with van der Waals surface area (Å²) in [4.78, 5) is 23.2. The number of carbonyl (C=O) groups excluding carboxylic acids is 1. The lowest BCUT2D eigenvalue weighted by Crippen LogP contribution is -2.43. The molecule has 1 aromatic rings. The van der Waals surface area contributed by atoms with Crippen molar-refractivity contribution in [1.29, 1.82) is 0 Å². The molecule has 1 aromatic heterocycles. The standard InChI is InChI=1S/C13H22N4O3/c1-5-13(6-2,11(18)19)7-14-12(20)15-10-8(3)16-17-9(10)4/h5-7H2,1-4H3,(H,16,17)(H,18,19)(H2,14,15,20). The molecule has 0 aliphatic heterocycles. The molecule has 1 rings (SSSR count). The van der Waals surface area contributed by atoms with E-state index in [0.29, 0.717) is 24.2 Å². The lowest BCUT2D eigenvalue weighted by Gasteiger charge is -2.26. The molecular weight excluding hydrogens is 260 g/mol. The Hall–Kier alpha value is -2.05. The summed E-state index contributed by atoms with van der Waals surface area (Å²) in [6, 6.07) is -0.426. The molecule has 2 amide bonds. The van der Waals surface area contributed by atoms with E-state index in [1.807, 2.05) is 13.8 Å². The van der Waals surface area contributed by atoms with Crippen molar-refractivity contribution >= 4 is 17.7 Å². The minimum atomic E-state index is -0.919. The van der Waals surface area contributed by atoms with Crippen molar-refractivity contribution in [3.63, 3.8) is 0 Å². The zero-order valence-electron chi connectivity index (χ0n) is 12.3. The highest BCUT2D eigenvalue weighted by molar-refractivity contribution is 5.90. The Morgan fingerprint density at radius 2 is 1.90 bits per heavy atom. The van der Waals surface area contributed by atoms with Gasteiger partial charge in [0.1, 0.15) is 0 Å². The average molecular weight is 282 g/mol. The van der Waals surface area contributed by atoms with E-state index < -0.39 is 17.4 Å². The van der Waals surface area contributed by atoms with E-state index in [1.165, 1.54) is 0 Å². The molecule has 0 aliphatic carbocycles. The predicted molar refractivity (Wildman–Crippen MR) is 75.7 cm³/mol. The number of nitrogens with zero attached hydrogens (tertiary/aromatic N) is 1. The van der Waals surface area contributed by atoms with Crippen molar-refractivity contribution in [2.24, 2.45) is 5.41 Å². The number of urea groups is 1. The second-order valence-electron chi connectivity index (χ2n) is 4.91. The van der Waals surface area contributed by atoms with Gasteiger partial charge in [0.15, 0.2) is 0 Å². The van der Waals surface area contributed by atoms with Crippen LogP contribution in [0.1, 0.15) is 38.1 Å². The number of aliphatic carboxylic acids is 1. The number of carboxylic acid groups (broad SMARTS) is 1. The molecule has 0 unspecified atom stereocenters. The third-order valence-corrected chi connectivity index (χ3v) is 3.76. The zero-order chi connectivity index (χ0) is 15.3. The summed E-state index contributed by atoms with van der Waals surface area (Å²) >= 11 is 0. The quantitative estimate of drug-likeness (QED) is 0.640. The van der Waals surface area contributed by atoms with Gasteiger partial charge < -0.3 is 15.7 Å². The molecule has 4 N–H and O–H groups in total. The number of anilines is 1. The Balaban J connectivity index is 2.66. The van der Waals surface area contributed by atoms with E-state index >= 15 is 0 Å². The Labute approximate surface area is 118 Å². The van der Waals surface area contributed by atoms with Gasteiger partial charge in [-0.25, -0.2) is 4.79 Å². The smallest absolute Gasteiger partial charge is 0.319 e. The number of aryl methyl sites for hydroxylation is 2. The fourth-order valence-electron chi connectivity index (χ4n) is 2.02. The molecular formula is C13H22N4O3. The molecule has 1 heterocycles. The second kappa shape index (κ2) is 6.40. The largest absolute Gasteiger partial charge is 0.481 e. The van der Waals surface area contributed by atoms with Crippen LogP contribution in [-0.2, 0) is 4.79 Å². The second-order valence-corrected chi connectivity index (χ2v) is 4.91. The number of H-pyrrole nitrogens is 1. The number of hydrogen-bond donors (Lipinski definition) is 4. The van der Waals surface area contributed by atoms with E-state index in [-0.39, 0.29) is 6.54 Å². The van der Waals surface area contributed by atoms with E-state index in [9.17, 15) is 14.7 Å². The van der Waals surface area contributed by atoms with E-state index in [0.717, 1.165) is 5.69 Å². The maximum atomic E-state index is 11.9. The van der Waals surface area contributed by atoms with Gasteiger partial charge in [0, 0.05) is 6.54 Å². The minimum absolute atomic E-state index is 0.0944. The molecule has 0 aliphatic rings. The summed E-state index contributed by atoms with van der Waals surface area (Å²) in [5.41, 5.74) is 1.15. The highest BCUT2D eigenvalue weighted by Crippen LogP contribution is 2.25. The first-order valence-electron chi connectivity index (χ1n) is 6.66. The lowest BCUT2D eigenvalue weighted by atomic mass is 9.82. The SMILES string of the molecule is CCC(CC)(CNC(=O)Nc1c(C)n[nH]c1C)C(=O)O. The van der Waals surface area contributed by atoms with E-state index in [4.69, 9.17) is 0 Å². The number of aromatic nitrogens is 2. The number of carbonyl (C=O) groups is 2. The van der Waals surface area contributed by atoms with Gasteiger partial charge in [-0.1, -0.05) is 13.8 Å². The van der Waals surface area contributed by atoms with Crippen molar-refractivity contribution in [1.82, 2.24) is 15.5 Å². The topological polar surface area (TPSA) is 107 Å². The summed E-state index contributed by atoms with van der Waals surface area (Å²) in [5.74, 6) is -0.890. The summed E-state index contributed by atoms with van der Waals surface area (Å²) in [6.45, 7) is 7.29. The van der Waals surface area contributed by atoms with Crippen LogP contribution in [0.15, 0.2) is 0 Å². The van der Waals surface area contributed by atoms with Gasteiger partial charge in [0.05, 0.1) is 22.5 Å². The molecule has 0 bridgehead atoms. The maximum Gasteiger partial charge on any atom is 0.319 e. The van der Waals surface area contributed by atoms with Crippen molar-refractivity contribution < 1.29 is 14.7 Å². The van der Waals surface area contributed by atoms with Crippen LogP contribution >= 0.6 is 0 Å². The van der Waals surface area contributed by atoms with Gasteiger partial charge in [-0.05, 0) is 26.7 Å². The monoisotopic (exact) mass is 282 g/mol. The fourth-order valence-corrected chi connectivity index (χ4v) is 2.02. The third-order valence-electron chi connectivity index (χ3n) is 3.76. The van der Waals surface area contributed by atoms with Crippen LogP contribution in [0.25, 0.3) is 0 Å². The highest BCUT2D eigenvalue weighted by Gasteiger charge is 2.35. The Kier molecular flexibility index (Phi) is 5.12. The number of hydrogen-bond acceptors (Lipinski definition) is 3. The Morgan fingerprint density at radius 3 is 2.30 bits per heavy atom. The Bertz CT molecular complexity index is 472. The van der Waals surface area contributed by atoms with Gasteiger partial charge in [-0.15, -0.1) is 0 Å². The average Bonchev–Trinajstić information content (AvgIpc) is 2.72. The molecule has 0 spiro atoms. The molecule has 0 fully saturated rings. The molecule has 0 radical (unpaired) electrons. The summed E-state index contributed by atoms with van der Waals surface area (Å²) in [5, 5.41) is 21.3. The van der Waals surface area contributed by atoms with Crippen LogP contribution in [0.3, 0.4) is 0 Å². The van der Waals surface area contributed by atoms with Crippen LogP contribution in [0, 0.1) is 19.3 Å². The maximum absolute atomic E-state index is 11.9. The summed E-state index contributed by atoms with van der Waals surface area (Å²) in [7, 11) is 0. The molecule has 20 heavy (non-hydrogen) atoms. The number of rotatable bonds is 6. The van der Waals surface area contributed by atoms with Gasteiger partial charge in [0.2, 0.25) is 0 Å². The summed E-state index contributed by atoms with van der Waals surface area (Å²) < 4.78 is 0. The van der Waals surface area contributed by atoms with Crippen molar-refractivity contribution in [2.75, 3.05) is 11.9 Å². The number of carboxylic acids is 1. The number of amides is 2. The predicted octanol–water partition coefficient (Wildman–Crippen LogP) is 2.04. The first-order valence-corrected chi connectivity index (χ1v) is 6.66. The van der Waals surface area contributed by atoms with Gasteiger partial charge in [-0.2, -0.15) is 5.10 Å². The van der Waals surface area contributed by atoms with E-state index in [1.54, 1.807) is 13.8 Å². The molecule has 0 saturated heterocycles. The molecule has 7 heteroatoms. The Morgan fingerprint density at radius 1 is 1.30 bits per heavy atom. The number of aromatic amines is 1. The molecule has 112 valence electrons. The van der Waals surface area contributed by atoms with Gasteiger partial charge in [0.25, 0.3) is 0 Å². The van der Waals surface area contributed by atoms with Crippen LogP contribution in [0.4, 0.5) is 10.5 Å². The molecule has 0 atom stereocenters. The first-order chi connectivity index (χ1) is 9.36. The molecule has 0 saturated carbocycles. The van der Waals surface area contributed by atoms with Crippen LogP contribution in [0.5, 0.6) is 0 Å². The molecule has 7 nitrogen and oxygen atoms in total. The minimum Gasteiger partial charge on any atom is -0.481 e. The van der Waals surface area contributed by atoms with Crippen LogP contribution in [0.2, 0.25) is 0 Å². The highest BCUT2D eigenvalue weighted by atomic mass is 16.4. The van der Waals surface area contributed by atoms with Crippen LogP contribution < -0.4 is 10.6 Å². The van der Waals surface area contributed by atoms with Gasteiger partial charge in [-0.3, -0.25) is 9.89 Å². The zero-order valence-corrected chi connectivity index (χ0v) is 12.3. The third kappa shape index (κ3) is 3.28. The van der Waals surface area contributed by atoms with Crippen molar-refractivity contribution in [3.05, 3.63) is 11.4 Å². The van der Waals surface area contributed by atoms with E-state index in [2.05, 4.69) is 20.8 Å². The number of nitrogens with one attached hydrogen (secondary N) is 3. The van der Waals surface area contributed by atoms with Crippen LogP contribution in [-0.4, -0.2) is 33.8 Å². The lowest BCUT2D eigenvalue weighted by molar-refractivity contribution is -0.149. The van der Waals surface area contributed by atoms with Crippen molar-refractivity contribution in [3.8, 4) is 0 Å².